The van der Waals surface area contributed by atoms with Crippen molar-refractivity contribution in [2.45, 2.75) is 84.1 Å². The Hall–Kier alpha value is -1.65. The zero-order valence-corrected chi connectivity index (χ0v) is 20.8. The minimum atomic E-state index is -0.441. The van der Waals surface area contributed by atoms with Crippen molar-refractivity contribution < 1.29 is 9.59 Å². The number of benzene rings is 1. The topological polar surface area (TPSA) is 58.2 Å². The summed E-state index contributed by atoms with van der Waals surface area (Å²) in [4.78, 5) is 22.2. The number of hydrogen-bond donors (Lipinski definition) is 2. The van der Waals surface area contributed by atoms with E-state index >= 15 is 0 Å². The van der Waals surface area contributed by atoms with Gasteiger partial charge in [0.15, 0.2) is 0 Å². The molecular formula is C27H39ClN2O2. The molecular weight excluding hydrogens is 420 g/mol. The van der Waals surface area contributed by atoms with E-state index in [-0.39, 0.29) is 5.92 Å². The molecule has 0 heterocycles. The lowest BCUT2D eigenvalue weighted by Gasteiger charge is -2.41. The molecule has 176 valence electrons. The summed E-state index contributed by atoms with van der Waals surface area (Å²) < 4.78 is 0. The molecule has 1 aromatic rings. The molecule has 0 aromatic heterocycles. The predicted octanol–water partition coefficient (Wildman–Crippen LogP) is 6.09. The van der Waals surface area contributed by atoms with Gasteiger partial charge in [-0.05, 0) is 84.5 Å². The fourth-order valence-electron chi connectivity index (χ4n) is 5.50. The fourth-order valence-corrected chi connectivity index (χ4v) is 5.84. The minimum absolute atomic E-state index is 0.214. The van der Waals surface area contributed by atoms with Crippen LogP contribution in [0, 0.1) is 17.3 Å². The summed E-state index contributed by atoms with van der Waals surface area (Å²) >= 11 is 6.94. The Kier molecular flexibility index (Phi) is 8.21. The SMILES string of the molecule is CC(C)/C(=C/NC=O)[C@@](NCCC=O)(c1ccc(C2CCC(C)(C)CC2)c(Cl)c1)C1CC1. The van der Waals surface area contributed by atoms with Crippen LogP contribution < -0.4 is 10.6 Å². The number of amides is 1. The van der Waals surface area contributed by atoms with E-state index in [0.717, 1.165) is 35.3 Å². The normalized spacial score (nSPS) is 21.2. The summed E-state index contributed by atoms with van der Waals surface area (Å²) in [6.45, 7) is 9.60. The number of halogens is 1. The smallest absolute Gasteiger partial charge is 0.211 e. The van der Waals surface area contributed by atoms with Crippen LogP contribution in [0.4, 0.5) is 0 Å². The van der Waals surface area contributed by atoms with Gasteiger partial charge in [0.2, 0.25) is 6.41 Å². The third kappa shape index (κ3) is 5.46. The van der Waals surface area contributed by atoms with Crippen LogP contribution in [-0.4, -0.2) is 19.2 Å². The molecule has 0 spiro atoms. The number of carbonyl (C=O) groups excluding carboxylic acids is 2. The summed E-state index contributed by atoms with van der Waals surface area (Å²) in [6.07, 6.45) is 11.0. The molecule has 1 amide bonds. The maximum atomic E-state index is 11.1. The molecule has 0 unspecified atom stereocenters. The molecule has 3 rings (SSSR count). The van der Waals surface area contributed by atoms with Crippen LogP contribution in [0.2, 0.25) is 5.02 Å². The van der Waals surface area contributed by atoms with Gasteiger partial charge in [0.25, 0.3) is 0 Å². The van der Waals surface area contributed by atoms with E-state index in [1.54, 1.807) is 0 Å². The summed E-state index contributed by atoms with van der Waals surface area (Å²) in [5.41, 5.74) is 3.49. The van der Waals surface area contributed by atoms with Crippen LogP contribution in [0.15, 0.2) is 30.0 Å². The summed E-state index contributed by atoms with van der Waals surface area (Å²) in [5.74, 6) is 1.14. The van der Waals surface area contributed by atoms with Gasteiger partial charge in [-0.2, -0.15) is 0 Å². The van der Waals surface area contributed by atoms with Gasteiger partial charge in [0.05, 0.1) is 5.54 Å². The van der Waals surface area contributed by atoms with Crippen LogP contribution in [0.3, 0.4) is 0 Å². The summed E-state index contributed by atoms with van der Waals surface area (Å²) in [7, 11) is 0. The standard InChI is InChI=1S/C27H39ClN2O2/c1-19(2)24(17-29-18-32)27(21-6-7-21,30-14-5-15-31)22-8-9-23(25(28)16-22)20-10-12-26(3,4)13-11-20/h8-9,15-21,30H,5-7,10-14H2,1-4H3,(H,29,32)/b24-17-/t27-/m0/s1. The number of rotatable bonds is 11. The predicted molar refractivity (Wildman–Crippen MR) is 132 cm³/mol. The van der Waals surface area contributed by atoms with Gasteiger partial charge in [-0.3, -0.25) is 4.79 Å². The quantitative estimate of drug-likeness (QED) is 0.311. The molecule has 2 fully saturated rings. The third-order valence-electron chi connectivity index (χ3n) is 7.47. The van der Waals surface area contributed by atoms with Crippen LogP contribution in [0.1, 0.15) is 89.7 Å². The lowest BCUT2D eigenvalue weighted by atomic mass is 9.70. The van der Waals surface area contributed by atoms with Crippen molar-refractivity contribution in [2.75, 3.05) is 6.54 Å². The molecule has 0 saturated heterocycles. The number of carbonyl (C=O) groups is 2. The zero-order valence-electron chi connectivity index (χ0n) is 20.0. The highest BCUT2D eigenvalue weighted by atomic mass is 35.5. The Labute approximate surface area is 198 Å². The van der Waals surface area contributed by atoms with E-state index < -0.39 is 5.54 Å². The van der Waals surface area contributed by atoms with Crippen LogP contribution >= 0.6 is 11.6 Å². The van der Waals surface area contributed by atoms with Crippen molar-refractivity contribution in [3.05, 3.63) is 46.1 Å². The largest absolute Gasteiger partial charge is 0.335 e. The fraction of sp³-hybridized carbons (Fsp3) is 0.630. The lowest BCUT2D eigenvalue weighted by Crippen LogP contribution is -2.48. The summed E-state index contributed by atoms with van der Waals surface area (Å²) in [6, 6.07) is 6.59. The minimum Gasteiger partial charge on any atom is -0.335 e. The van der Waals surface area contributed by atoms with Gasteiger partial charge < -0.3 is 15.4 Å². The molecule has 0 aliphatic heterocycles. The first kappa shape index (κ1) is 25.0. The van der Waals surface area contributed by atoms with Gasteiger partial charge in [-0.15, -0.1) is 0 Å². The van der Waals surface area contributed by atoms with Crippen LogP contribution in [0.5, 0.6) is 0 Å². The van der Waals surface area contributed by atoms with E-state index in [1.807, 2.05) is 6.20 Å². The molecule has 4 nitrogen and oxygen atoms in total. The lowest BCUT2D eigenvalue weighted by molar-refractivity contribution is -0.109. The molecule has 32 heavy (non-hydrogen) atoms. The van der Waals surface area contributed by atoms with Crippen LogP contribution in [0.25, 0.3) is 0 Å². The van der Waals surface area contributed by atoms with E-state index in [1.165, 1.54) is 31.2 Å². The van der Waals surface area contributed by atoms with Crippen molar-refractivity contribution in [1.82, 2.24) is 10.6 Å². The van der Waals surface area contributed by atoms with Crippen molar-refractivity contribution in [2.24, 2.45) is 17.3 Å². The Morgan fingerprint density at radius 2 is 1.88 bits per heavy atom. The number of hydrogen-bond acceptors (Lipinski definition) is 3. The van der Waals surface area contributed by atoms with E-state index in [9.17, 15) is 9.59 Å². The van der Waals surface area contributed by atoms with E-state index in [0.29, 0.717) is 36.6 Å². The molecule has 2 N–H and O–H groups in total. The highest BCUT2D eigenvalue weighted by Crippen LogP contribution is 2.53. The molecule has 0 bridgehead atoms. The van der Waals surface area contributed by atoms with Crippen LogP contribution in [-0.2, 0) is 15.1 Å². The second-order valence-corrected chi connectivity index (χ2v) is 11.1. The molecule has 5 heteroatoms. The summed E-state index contributed by atoms with van der Waals surface area (Å²) in [5, 5.41) is 7.34. The first-order chi connectivity index (χ1) is 15.2. The molecule has 2 saturated carbocycles. The monoisotopic (exact) mass is 458 g/mol. The Balaban J connectivity index is 2.01. The first-order valence-corrected chi connectivity index (χ1v) is 12.5. The maximum Gasteiger partial charge on any atom is 0.211 e. The molecule has 1 atom stereocenters. The van der Waals surface area contributed by atoms with Gasteiger partial charge in [0.1, 0.15) is 6.29 Å². The molecule has 2 aliphatic carbocycles. The second-order valence-electron chi connectivity index (χ2n) is 10.7. The van der Waals surface area contributed by atoms with Crippen molar-refractivity contribution >= 4 is 24.3 Å². The van der Waals surface area contributed by atoms with Crippen molar-refractivity contribution in [3.8, 4) is 0 Å². The average molecular weight is 459 g/mol. The van der Waals surface area contributed by atoms with Crippen molar-refractivity contribution in [1.29, 1.82) is 0 Å². The van der Waals surface area contributed by atoms with Crippen molar-refractivity contribution in [3.63, 3.8) is 0 Å². The van der Waals surface area contributed by atoms with Gasteiger partial charge in [-0.1, -0.05) is 51.4 Å². The highest BCUT2D eigenvalue weighted by molar-refractivity contribution is 6.31. The number of aldehydes is 1. The highest BCUT2D eigenvalue weighted by Gasteiger charge is 2.49. The first-order valence-electron chi connectivity index (χ1n) is 12.1. The van der Waals surface area contributed by atoms with Gasteiger partial charge in [0, 0.05) is 24.2 Å². The zero-order chi connectivity index (χ0) is 23.4. The van der Waals surface area contributed by atoms with E-state index in [4.69, 9.17) is 11.6 Å². The average Bonchev–Trinajstić information content (AvgIpc) is 3.58. The Morgan fingerprint density at radius 3 is 2.41 bits per heavy atom. The maximum absolute atomic E-state index is 11.1. The van der Waals surface area contributed by atoms with Gasteiger partial charge >= 0.3 is 0 Å². The molecule has 0 radical (unpaired) electrons. The molecule has 2 aliphatic rings. The molecule has 1 aromatic carbocycles. The third-order valence-corrected chi connectivity index (χ3v) is 7.80. The Bertz CT molecular complexity index is 834. The number of nitrogens with one attached hydrogen (secondary N) is 2. The Morgan fingerprint density at radius 1 is 1.19 bits per heavy atom. The van der Waals surface area contributed by atoms with Gasteiger partial charge in [-0.25, -0.2) is 0 Å². The van der Waals surface area contributed by atoms with E-state index in [2.05, 4.69) is 56.5 Å². The second kappa shape index (κ2) is 10.5.